The Hall–Kier alpha value is -1.33. The van der Waals surface area contributed by atoms with E-state index in [1.807, 2.05) is 18.3 Å². The van der Waals surface area contributed by atoms with Crippen molar-refractivity contribution in [3.05, 3.63) is 18.3 Å². The average molecular weight is 253 g/mol. The molecule has 0 atom stereocenters. The van der Waals surface area contributed by atoms with E-state index in [1.54, 1.807) is 14.2 Å². The van der Waals surface area contributed by atoms with Crippen molar-refractivity contribution in [3.8, 4) is 0 Å². The number of ether oxygens (including phenoxy) is 2. The number of hydrogen-bond donors (Lipinski definition) is 1. The molecule has 0 aliphatic heterocycles. The topological polar surface area (TPSA) is 46.6 Å². The second-order valence-electron chi connectivity index (χ2n) is 3.86. The summed E-state index contributed by atoms with van der Waals surface area (Å²) in [6.07, 6.45) is 1.59. The molecule has 1 rings (SSSR count). The number of nitrogens with one attached hydrogen (secondary N) is 1. The van der Waals surface area contributed by atoms with Gasteiger partial charge in [0.05, 0.1) is 18.4 Å². The Kier molecular flexibility index (Phi) is 6.46. The van der Waals surface area contributed by atoms with Gasteiger partial charge < -0.3 is 19.7 Å². The summed E-state index contributed by atoms with van der Waals surface area (Å²) in [6.45, 7) is 6.77. The van der Waals surface area contributed by atoms with Gasteiger partial charge >= 0.3 is 0 Å². The summed E-state index contributed by atoms with van der Waals surface area (Å²) in [5, 5.41) is 3.22. The quantitative estimate of drug-likeness (QED) is 0.718. The maximum atomic E-state index is 5.10. The van der Waals surface area contributed by atoms with E-state index in [2.05, 4.69) is 29.0 Å². The molecule has 0 saturated carbocycles. The van der Waals surface area contributed by atoms with Gasteiger partial charge in [0.25, 0.3) is 0 Å². The third-order valence-corrected chi connectivity index (χ3v) is 2.83. The third kappa shape index (κ3) is 4.16. The fraction of sp³-hybridized carbons (Fsp3) is 0.615. The Balaban J connectivity index is 2.54. The molecule has 1 aromatic rings. The number of rotatable bonds is 8. The summed E-state index contributed by atoms with van der Waals surface area (Å²) >= 11 is 0. The summed E-state index contributed by atoms with van der Waals surface area (Å²) in [5.41, 5.74) is 0.963. The lowest BCUT2D eigenvalue weighted by molar-refractivity contribution is -0.0914. The Labute approximate surface area is 109 Å². The van der Waals surface area contributed by atoms with Crippen LogP contribution in [0.15, 0.2) is 18.3 Å². The molecule has 0 bridgehead atoms. The zero-order valence-corrected chi connectivity index (χ0v) is 11.6. The molecule has 0 saturated heterocycles. The van der Waals surface area contributed by atoms with Gasteiger partial charge in [-0.3, -0.25) is 0 Å². The second kappa shape index (κ2) is 7.89. The van der Waals surface area contributed by atoms with E-state index >= 15 is 0 Å². The van der Waals surface area contributed by atoms with Gasteiger partial charge in [0.1, 0.15) is 5.82 Å². The summed E-state index contributed by atoms with van der Waals surface area (Å²) < 4.78 is 10.2. The highest BCUT2D eigenvalue weighted by Gasteiger charge is 2.05. The van der Waals surface area contributed by atoms with E-state index in [0.29, 0.717) is 6.54 Å². The molecule has 0 aliphatic rings. The molecule has 0 radical (unpaired) electrons. The molecule has 102 valence electrons. The van der Waals surface area contributed by atoms with Gasteiger partial charge in [0.15, 0.2) is 6.29 Å². The molecule has 0 amide bonds. The van der Waals surface area contributed by atoms with Crippen molar-refractivity contribution >= 4 is 11.5 Å². The summed E-state index contributed by atoms with van der Waals surface area (Å²) in [6, 6.07) is 4.03. The van der Waals surface area contributed by atoms with E-state index in [-0.39, 0.29) is 6.29 Å². The van der Waals surface area contributed by atoms with Gasteiger partial charge in [-0.25, -0.2) is 4.98 Å². The highest BCUT2D eigenvalue weighted by atomic mass is 16.7. The molecule has 1 N–H and O–H groups in total. The van der Waals surface area contributed by atoms with E-state index < -0.39 is 0 Å². The summed E-state index contributed by atoms with van der Waals surface area (Å²) in [4.78, 5) is 6.64. The van der Waals surface area contributed by atoms with Gasteiger partial charge in [-0.15, -0.1) is 0 Å². The van der Waals surface area contributed by atoms with Crippen LogP contribution in [0.2, 0.25) is 0 Å². The van der Waals surface area contributed by atoms with Crippen LogP contribution < -0.4 is 10.2 Å². The minimum absolute atomic E-state index is 0.243. The lowest BCUT2D eigenvalue weighted by atomic mass is 10.3. The van der Waals surface area contributed by atoms with Gasteiger partial charge in [0.2, 0.25) is 0 Å². The van der Waals surface area contributed by atoms with Gasteiger partial charge in [0, 0.05) is 27.3 Å². The van der Waals surface area contributed by atoms with Gasteiger partial charge in [-0.05, 0) is 26.0 Å². The van der Waals surface area contributed by atoms with Crippen molar-refractivity contribution in [1.29, 1.82) is 0 Å². The number of nitrogens with zero attached hydrogens (tertiary/aromatic N) is 2. The molecule has 18 heavy (non-hydrogen) atoms. The maximum Gasteiger partial charge on any atom is 0.173 e. The van der Waals surface area contributed by atoms with E-state index in [9.17, 15) is 0 Å². The second-order valence-corrected chi connectivity index (χ2v) is 3.86. The molecular formula is C13H23N3O2. The molecular weight excluding hydrogens is 230 g/mol. The number of aromatic nitrogens is 1. The minimum Gasteiger partial charge on any atom is -0.379 e. The van der Waals surface area contributed by atoms with E-state index in [0.717, 1.165) is 24.6 Å². The predicted molar refractivity (Wildman–Crippen MR) is 74.1 cm³/mol. The average Bonchev–Trinajstić information content (AvgIpc) is 2.43. The monoisotopic (exact) mass is 253 g/mol. The number of pyridine rings is 1. The van der Waals surface area contributed by atoms with Crippen LogP contribution >= 0.6 is 0 Å². The molecule has 5 nitrogen and oxygen atoms in total. The fourth-order valence-corrected chi connectivity index (χ4v) is 1.69. The van der Waals surface area contributed by atoms with Crippen LogP contribution in [0.1, 0.15) is 13.8 Å². The Morgan fingerprint density at radius 2 is 1.89 bits per heavy atom. The van der Waals surface area contributed by atoms with Gasteiger partial charge in [-0.2, -0.15) is 0 Å². The first-order valence-corrected chi connectivity index (χ1v) is 6.25. The van der Waals surface area contributed by atoms with E-state index in [4.69, 9.17) is 9.47 Å². The van der Waals surface area contributed by atoms with Crippen molar-refractivity contribution in [1.82, 2.24) is 4.98 Å². The smallest absolute Gasteiger partial charge is 0.173 e. The molecule has 0 spiro atoms. The zero-order valence-electron chi connectivity index (χ0n) is 11.6. The number of methoxy groups -OCH3 is 2. The highest BCUT2D eigenvalue weighted by molar-refractivity contribution is 5.48. The number of anilines is 2. The predicted octanol–water partition coefficient (Wildman–Crippen LogP) is 1.96. The van der Waals surface area contributed by atoms with Crippen LogP contribution in [0, 0.1) is 0 Å². The summed E-state index contributed by atoms with van der Waals surface area (Å²) in [5.74, 6) is 1.00. The normalized spacial score (nSPS) is 10.7. The van der Waals surface area contributed by atoms with Crippen molar-refractivity contribution in [2.75, 3.05) is 44.1 Å². The van der Waals surface area contributed by atoms with Crippen LogP contribution in [-0.2, 0) is 9.47 Å². The molecule has 0 unspecified atom stereocenters. The Morgan fingerprint density at radius 3 is 2.33 bits per heavy atom. The first-order valence-electron chi connectivity index (χ1n) is 6.25. The highest BCUT2D eigenvalue weighted by Crippen LogP contribution is 2.13. The zero-order chi connectivity index (χ0) is 13.4. The van der Waals surface area contributed by atoms with Crippen molar-refractivity contribution in [3.63, 3.8) is 0 Å². The van der Waals surface area contributed by atoms with Crippen LogP contribution in [0.3, 0.4) is 0 Å². The van der Waals surface area contributed by atoms with E-state index in [1.165, 1.54) is 0 Å². The number of hydrogen-bond acceptors (Lipinski definition) is 5. The largest absolute Gasteiger partial charge is 0.379 e. The van der Waals surface area contributed by atoms with Crippen LogP contribution in [0.4, 0.5) is 11.5 Å². The van der Waals surface area contributed by atoms with Crippen molar-refractivity contribution < 1.29 is 9.47 Å². The van der Waals surface area contributed by atoms with Crippen LogP contribution in [0.5, 0.6) is 0 Å². The SMILES string of the molecule is CCN(CC)c1ccc(NCC(OC)OC)cn1. The minimum atomic E-state index is -0.243. The Morgan fingerprint density at radius 1 is 1.22 bits per heavy atom. The van der Waals surface area contributed by atoms with Crippen LogP contribution in [-0.4, -0.2) is 45.1 Å². The molecule has 5 heteroatoms. The first-order chi connectivity index (χ1) is 8.74. The molecule has 0 fully saturated rings. The molecule has 0 aliphatic carbocycles. The first kappa shape index (κ1) is 14.7. The summed E-state index contributed by atoms with van der Waals surface area (Å²) in [7, 11) is 3.25. The standard InChI is InChI=1S/C13H23N3O2/c1-5-16(6-2)12-8-7-11(9-15-12)14-10-13(17-3)18-4/h7-9,13-14H,5-6,10H2,1-4H3. The lowest BCUT2D eigenvalue weighted by Gasteiger charge is -2.20. The van der Waals surface area contributed by atoms with Gasteiger partial charge in [-0.1, -0.05) is 0 Å². The maximum absolute atomic E-state index is 5.10. The Bertz CT molecular complexity index is 322. The third-order valence-electron chi connectivity index (χ3n) is 2.83. The molecule has 1 heterocycles. The van der Waals surface area contributed by atoms with Crippen molar-refractivity contribution in [2.45, 2.75) is 20.1 Å². The fourth-order valence-electron chi connectivity index (χ4n) is 1.69. The molecule has 1 aromatic heterocycles. The lowest BCUT2D eigenvalue weighted by Crippen LogP contribution is -2.24. The van der Waals surface area contributed by atoms with Crippen LogP contribution in [0.25, 0.3) is 0 Å². The van der Waals surface area contributed by atoms with Crippen molar-refractivity contribution in [2.24, 2.45) is 0 Å². The molecule has 0 aromatic carbocycles.